The number of nitrogens with zero attached hydrogens (tertiary/aromatic N) is 2. The molecule has 1 aromatic heterocycles. The van der Waals surface area contributed by atoms with Crippen LogP contribution in [0.5, 0.6) is 0 Å². The molecular weight excluding hydrogens is 326 g/mol. The first-order valence-corrected chi connectivity index (χ1v) is 7.63. The molecule has 25 heavy (non-hydrogen) atoms. The lowest BCUT2D eigenvalue weighted by atomic mass is 10.0. The van der Waals surface area contributed by atoms with Crippen LogP contribution in [0.15, 0.2) is 42.5 Å². The summed E-state index contributed by atoms with van der Waals surface area (Å²) in [5.74, 6) is -1.22. The first-order valence-electron chi connectivity index (χ1n) is 7.63. The Balaban J connectivity index is 1.66. The van der Waals surface area contributed by atoms with Crippen molar-refractivity contribution in [3.05, 3.63) is 77.5 Å². The minimum absolute atomic E-state index is 0.122. The number of primary amides is 1. The summed E-state index contributed by atoms with van der Waals surface area (Å²) in [7, 11) is 0. The van der Waals surface area contributed by atoms with Crippen molar-refractivity contribution < 1.29 is 13.6 Å². The van der Waals surface area contributed by atoms with Crippen LogP contribution in [-0.2, 0) is 6.42 Å². The summed E-state index contributed by atoms with van der Waals surface area (Å²) in [5.41, 5.74) is 6.80. The fourth-order valence-electron chi connectivity index (χ4n) is 2.50. The first-order chi connectivity index (χ1) is 12.0. The molecule has 0 bridgehead atoms. The second kappa shape index (κ2) is 7.21. The van der Waals surface area contributed by atoms with Crippen LogP contribution < -0.4 is 5.73 Å². The molecule has 7 heteroatoms. The van der Waals surface area contributed by atoms with E-state index in [1.165, 1.54) is 6.07 Å². The average molecular weight is 341 g/mol. The van der Waals surface area contributed by atoms with Gasteiger partial charge in [-0.15, -0.1) is 0 Å². The van der Waals surface area contributed by atoms with E-state index >= 15 is 0 Å². The van der Waals surface area contributed by atoms with Crippen LogP contribution in [-0.4, -0.2) is 21.1 Å². The maximum Gasteiger partial charge on any atom is 0.248 e. The predicted molar refractivity (Wildman–Crippen MR) is 88.4 cm³/mol. The molecule has 1 amide bonds. The molecule has 0 fully saturated rings. The largest absolute Gasteiger partial charge is 0.366 e. The van der Waals surface area contributed by atoms with Gasteiger partial charge in [-0.2, -0.15) is 5.10 Å². The summed E-state index contributed by atoms with van der Waals surface area (Å²) in [4.78, 5) is 15.6. The van der Waals surface area contributed by atoms with E-state index in [4.69, 9.17) is 5.73 Å². The molecule has 3 aromatic rings. The van der Waals surface area contributed by atoms with Crippen molar-refractivity contribution in [1.82, 2.24) is 15.2 Å². The predicted octanol–water partition coefficient (Wildman–Crippen LogP) is 3.03. The van der Waals surface area contributed by atoms with Gasteiger partial charge in [-0.3, -0.25) is 9.89 Å². The van der Waals surface area contributed by atoms with Gasteiger partial charge in [0.15, 0.2) is 5.82 Å². The van der Waals surface area contributed by atoms with E-state index in [1.54, 1.807) is 18.6 Å². The number of aromatic amines is 1. The number of aryl methyl sites for hydroxylation is 1. The summed E-state index contributed by atoms with van der Waals surface area (Å²) in [6.45, 7) is 0. The third-order valence-electron chi connectivity index (χ3n) is 3.71. The highest BCUT2D eigenvalue weighted by molar-refractivity contribution is 5.94. The number of nitrogens with one attached hydrogen (secondary N) is 1. The van der Waals surface area contributed by atoms with Gasteiger partial charge >= 0.3 is 0 Å². The van der Waals surface area contributed by atoms with Crippen LogP contribution in [0.4, 0.5) is 8.78 Å². The zero-order valence-electron chi connectivity index (χ0n) is 13.2. The van der Waals surface area contributed by atoms with Gasteiger partial charge in [-0.1, -0.05) is 18.2 Å². The van der Waals surface area contributed by atoms with Crippen molar-refractivity contribution in [2.24, 2.45) is 5.73 Å². The fraction of sp³-hybridized carbons (Fsp3) is 0.111. The highest BCUT2D eigenvalue weighted by Gasteiger charge is 2.12. The smallest absolute Gasteiger partial charge is 0.248 e. The van der Waals surface area contributed by atoms with Crippen LogP contribution in [0.3, 0.4) is 0 Å². The van der Waals surface area contributed by atoms with Gasteiger partial charge in [-0.25, -0.2) is 13.8 Å². The molecule has 5 nitrogen and oxygen atoms in total. The van der Waals surface area contributed by atoms with Crippen LogP contribution in [0.25, 0.3) is 11.4 Å². The second-order valence-corrected chi connectivity index (χ2v) is 5.43. The molecule has 0 aliphatic rings. The van der Waals surface area contributed by atoms with Crippen molar-refractivity contribution in [1.29, 1.82) is 0 Å². The highest BCUT2D eigenvalue weighted by Crippen LogP contribution is 2.20. The molecule has 0 saturated heterocycles. The Morgan fingerprint density at radius 1 is 1.20 bits per heavy atom. The Labute approximate surface area is 142 Å². The van der Waals surface area contributed by atoms with Crippen LogP contribution in [0.1, 0.15) is 28.2 Å². The Bertz CT molecular complexity index is 908. The van der Waals surface area contributed by atoms with E-state index in [0.717, 1.165) is 17.7 Å². The SMILES string of the molecule is NC(=O)c1ccccc1CC[CH]c1nc(-c2ccc(F)cc2F)n[nH]1. The van der Waals surface area contributed by atoms with E-state index in [2.05, 4.69) is 15.2 Å². The second-order valence-electron chi connectivity index (χ2n) is 5.43. The number of carbonyl (C=O) groups excluding carboxylic acids is 1. The van der Waals surface area contributed by atoms with Crippen molar-refractivity contribution in [2.75, 3.05) is 0 Å². The molecule has 3 rings (SSSR count). The van der Waals surface area contributed by atoms with Crippen LogP contribution >= 0.6 is 0 Å². The normalized spacial score (nSPS) is 10.8. The third kappa shape index (κ3) is 3.88. The summed E-state index contributed by atoms with van der Waals surface area (Å²) < 4.78 is 26.7. The van der Waals surface area contributed by atoms with E-state index in [1.807, 2.05) is 12.1 Å². The molecule has 0 atom stereocenters. The molecule has 1 radical (unpaired) electrons. The first kappa shape index (κ1) is 16.8. The summed E-state index contributed by atoms with van der Waals surface area (Å²) in [6.07, 6.45) is 2.97. The van der Waals surface area contributed by atoms with E-state index in [0.29, 0.717) is 24.2 Å². The zero-order chi connectivity index (χ0) is 17.8. The number of amides is 1. The van der Waals surface area contributed by atoms with Gasteiger partial charge in [0.05, 0.1) is 5.56 Å². The minimum atomic E-state index is -0.721. The van der Waals surface area contributed by atoms with Gasteiger partial charge in [0.25, 0.3) is 0 Å². The topological polar surface area (TPSA) is 84.7 Å². The molecule has 127 valence electrons. The lowest BCUT2D eigenvalue weighted by Gasteiger charge is -2.05. The fourth-order valence-corrected chi connectivity index (χ4v) is 2.50. The van der Waals surface area contributed by atoms with E-state index in [9.17, 15) is 13.6 Å². The Morgan fingerprint density at radius 3 is 2.76 bits per heavy atom. The number of carbonyl (C=O) groups is 1. The summed E-state index contributed by atoms with van der Waals surface area (Å²) in [6, 6.07) is 10.4. The number of hydrogen-bond donors (Lipinski definition) is 2. The quantitative estimate of drug-likeness (QED) is 0.723. The Kier molecular flexibility index (Phi) is 4.83. The standard InChI is InChI=1S/C18H15F2N4O/c19-12-8-9-14(15(20)10-12)18-22-16(23-24-18)7-3-5-11-4-1-2-6-13(11)17(21)25/h1-2,4,6-10H,3,5H2,(H2,21,25)(H,22,23,24). The van der Waals surface area contributed by atoms with Crippen LogP contribution in [0, 0.1) is 18.1 Å². The number of aromatic nitrogens is 3. The number of rotatable bonds is 6. The molecule has 0 unspecified atom stereocenters. The van der Waals surface area contributed by atoms with E-state index in [-0.39, 0.29) is 11.4 Å². The molecule has 0 aliphatic carbocycles. The lowest BCUT2D eigenvalue weighted by Crippen LogP contribution is -2.13. The minimum Gasteiger partial charge on any atom is -0.366 e. The Morgan fingerprint density at radius 2 is 2.00 bits per heavy atom. The molecule has 0 spiro atoms. The van der Waals surface area contributed by atoms with Crippen LogP contribution in [0.2, 0.25) is 0 Å². The number of hydrogen-bond acceptors (Lipinski definition) is 3. The number of nitrogens with two attached hydrogens (primary N) is 1. The average Bonchev–Trinajstić information content (AvgIpc) is 3.03. The molecule has 1 heterocycles. The van der Waals surface area contributed by atoms with Gasteiger partial charge in [-0.05, 0) is 36.6 Å². The van der Waals surface area contributed by atoms with Gasteiger partial charge < -0.3 is 5.73 Å². The zero-order valence-corrected chi connectivity index (χ0v) is 13.2. The van der Waals surface area contributed by atoms with Gasteiger partial charge in [0.1, 0.15) is 17.5 Å². The molecular formula is C18H15F2N4O. The van der Waals surface area contributed by atoms with Crippen molar-refractivity contribution in [3.8, 4) is 11.4 Å². The maximum atomic E-state index is 13.8. The summed E-state index contributed by atoms with van der Waals surface area (Å²) in [5, 5.41) is 6.65. The molecule has 3 N–H and O–H groups in total. The van der Waals surface area contributed by atoms with Crippen molar-refractivity contribution >= 4 is 5.91 Å². The number of halogens is 2. The molecule has 0 saturated carbocycles. The molecule has 2 aromatic carbocycles. The molecule has 0 aliphatic heterocycles. The highest BCUT2D eigenvalue weighted by atomic mass is 19.1. The number of benzene rings is 2. The lowest BCUT2D eigenvalue weighted by molar-refractivity contribution is 0.0999. The number of H-pyrrole nitrogens is 1. The Hall–Kier alpha value is -3.09. The van der Waals surface area contributed by atoms with Gasteiger partial charge in [0.2, 0.25) is 5.91 Å². The van der Waals surface area contributed by atoms with Gasteiger partial charge in [0, 0.05) is 18.1 Å². The van der Waals surface area contributed by atoms with Crippen molar-refractivity contribution in [2.45, 2.75) is 12.8 Å². The summed E-state index contributed by atoms with van der Waals surface area (Å²) >= 11 is 0. The maximum absolute atomic E-state index is 13.8. The monoisotopic (exact) mass is 341 g/mol. The third-order valence-corrected chi connectivity index (χ3v) is 3.71. The van der Waals surface area contributed by atoms with Crippen molar-refractivity contribution in [3.63, 3.8) is 0 Å². The van der Waals surface area contributed by atoms with E-state index < -0.39 is 17.5 Å².